The highest BCUT2D eigenvalue weighted by molar-refractivity contribution is 7.93. The molecule has 13 nitrogen and oxygen atoms in total. The lowest BCUT2D eigenvalue weighted by atomic mass is 10.1. The summed E-state index contributed by atoms with van der Waals surface area (Å²) in [5.41, 5.74) is 1.14. The number of rotatable bonds is 8. The summed E-state index contributed by atoms with van der Waals surface area (Å²) in [6, 6.07) is 5.13. The average molecular weight is 577 g/mol. The minimum absolute atomic E-state index is 0.0390. The van der Waals surface area contributed by atoms with Crippen molar-refractivity contribution < 1.29 is 27.4 Å². The van der Waals surface area contributed by atoms with E-state index in [1.807, 2.05) is 12.3 Å². The molecule has 1 fully saturated rings. The fraction of sp³-hybridized carbons (Fsp3) is 0.348. The molecule has 1 saturated heterocycles. The van der Waals surface area contributed by atoms with E-state index in [9.17, 15) is 17.9 Å². The Morgan fingerprint density at radius 2 is 1.82 bits per heavy atom. The number of nitrogens with zero attached hydrogens (tertiary/aromatic N) is 7. The third-order valence-electron chi connectivity index (χ3n) is 6.05. The Labute approximate surface area is 227 Å². The Hall–Kier alpha value is -3.89. The van der Waals surface area contributed by atoms with Gasteiger partial charge in [0.2, 0.25) is 21.9 Å². The number of methoxy groups -OCH3 is 2. The number of hydrogen-bond acceptors (Lipinski definition) is 12. The minimum Gasteiger partial charge on any atom is -0.494 e. The number of thiazole rings is 1. The normalized spacial score (nSPS) is 17.7. The highest BCUT2D eigenvalue weighted by atomic mass is 32.2. The summed E-state index contributed by atoms with van der Waals surface area (Å²) in [7, 11) is -1.19. The number of aryl methyl sites for hydroxylation is 1. The standard InChI is InChI=1S/C23H25FN8O5S2/c1-13-12-38-21(27-13)20-28-29-23(32(20)19-17(36-2)5-4-6-18(19)37-3)30-39(34,35)16-7-15(33)10-31(11-16)22-25-8-14(24)9-26-22/h4-6,8-9,12,15-16,33H,7,10-11H2,1-3H3,(H,29,30)/t15-,16-/m0/s1. The molecule has 0 aliphatic carbocycles. The van der Waals surface area contributed by atoms with Crippen molar-refractivity contribution >= 4 is 33.3 Å². The molecule has 0 saturated carbocycles. The fourth-order valence-electron chi connectivity index (χ4n) is 4.30. The average Bonchev–Trinajstić information content (AvgIpc) is 3.53. The Kier molecular flexibility index (Phi) is 7.33. The molecule has 1 aliphatic rings. The molecule has 1 aliphatic heterocycles. The van der Waals surface area contributed by atoms with Crippen LogP contribution in [0.4, 0.5) is 16.3 Å². The van der Waals surface area contributed by atoms with Crippen molar-refractivity contribution in [3.63, 3.8) is 0 Å². The molecule has 2 N–H and O–H groups in total. The van der Waals surface area contributed by atoms with Crippen LogP contribution in [0.5, 0.6) is 11.5 Å². The monoisotopic (exact) mass is 576 g/mol. The third kappa shape index (κ3) is 5.35. The maximum atomic E-state index is 13.7. The van der Waals surface area contributed by atoms with Gasteiger partial charge in [-0.25, -0.2) is 27.8 Å². The lowest BCUT2D eigenvalue weighted by Crippen LogP contribution is -2.50. The van der Waals surface area contributed by atoms with Crippen LogP contribution in [0.25, 0.3) is 16.5 Å². The number of para-hydroxylation sites is 1. The van der Waals surface area contributed by atoms with Crippen LogP contribution < -0.4 is 19.1 Å². The van der Waals surface area contributed by atoms with Crippen LogP contribution in [0.1, 0.15) is 12.1 Å². The van der Waals surface area contributed by atoms with E-state index in [1.165, 1.54) is 35.0 Å². The van der Waals surface area contributed by atoms with E-state index in [0.29, 0.717) is 22.2 Å². The third-order valence-corrected chi connectivity index (χ3v) is 8.69. The zero-order valence-electron chi connectivity index (χ0n) is 21.1. The first-order chi connectivity index (χ1) is 18.7. The van der Waals surface area contributed by atoms with Crippen LogP contribution in [-0.2, 0) is 10.0 Å². The molecule has 39 heavy (non-hydrogen) atoms. The Morgan fingerprint density at radius 1 is 1.13 bits per heavy atom. The number of anilines is 2. The van der Waals surface area contributed by atoms with Gasteiger partial charge in [0.1, 0.15) is 22.4 Å². The van der Waals surface area contributed by atoms with Gasteiger partial charge in [-0.05, 0) is 25.5 Å². The largest absolute Gasteiger partial charge is 0.494 e. The molecule has 1 aromatic carbocycles. The summed E-state index contributed by atoms with van der Waals surface area (Å²) in [4.78, 5) is 13.8. The van der Waals surface area contributed by atoms with Crippen LogP contribution in [-0.4, -0.2) is 81.9 Å². The van der Waals surface area contributed by atoms with Gasteiger partial charge >= 0.3 is 0 Å². The van der Waals surface area contributed by atoms with Gasteiger partial charge in [0.15, 0.2) is 16.6 Å². The number of aliphatic hydroxyl groups is 1. The topological polar surface area (TPSA) is 157 Å². The number of aliphatic hydroxyl groups excluding tert-OH is 1. The number of piperidine rings is 1. The van der Waals surface area contributed by atoms with Crippen molar-refractivity contribution in [1.82, 2.24) is 29.7 Å². The predicted molar refractivity (Wildman–Crippen MR) is 141 cm³/mol. The quantitative estimate of drug-likeness (QED) is 0.316. The van der Waals surface area contributed by atoms with Crippen LogP contribution in [0.2, 0.25) is 0 Å². The predicted octanol–water partition coefficient (Wildman–Crippen LogP) is 2.03. The molecule has 0 spiro atoms. The van der Waals surface area contributed by atoms with E-state index in [4.69, 9.17) is 9.47 Å². The summed E-state index contributed by atoms with van der Waals surface area (Å²) < 4.78 is 55.8. The van der Waals surface area contributed by atoms with Crippen molar-refractivity contribution in [1.29, 1.82) is 0 Å². The smallest absolute Gasteiger partial charge is 0.243 e. The molecule has 2 atom stereocenters. The van der Waals surface area contributed by atoms with E-state index in [-0.39, 0.29) is 37.2 Å². The SMILES string of the molecule is COc1cccc(OC)c1-n1c(NS(=O)(=O)[C@H]2C[C@H](O)CN(c3ncc(F)cn3)C2)nnc1-c1nc(C)cs1. The number of ether oxygens (including phenoxy) is 2. The Morgan fingerprint density at radius 3 is 2.44 bits per heavy atom. The van der Waals surface area contributed by atoms with Crippen LogP contribution in [0, 0.1) is 12.7 Å². The second-order valence-electron chi connectivity index (χ2n) is 8.75. The molecular weight excluding hydrogens is 551 g/mol. The first-order valence-corrected chi connectivity index (χ1v) is 14.1. The second-order valence-corrected chi connectivity index (χ2v) is 11.6. The summed E-state index contributed by atoms with van der Waals surface area (Å²) in [5.74, 6) is 0.413. The highest BCUT2D eigenvalue weighted by Gasteiger charge is 2.37. The molecule has 3 aromatic heterocycles. The molecule has 0 radical (unpaired) electrons. The van der Waals surface area contributed by atoms with Gasteiger partial charge in [-0.15, -0.1) is 21.5 Å². The Balaban J connectivity index is 1.55. The Bertz CT molecular complexity index is 1560. The fourth-order valence-corrected chi connectivity index (χ4v) is 6.48. The minimum atomic E-state index is -4.15. The molecule has 0 bridgehead atoms. The summed E-state index contributed by atoms with van der Waals surface area (Å²) in [5, 5.41) is 20.2. The molecule has 4 aromatic rings. The van der Waals surface area contributed by atoms with Gasteiger partial charge in [-0.3, -0.25) is 9.29 Å². The van der Waals surface area contributed by atoms with E-state index in [1.54, 1.807) is 18.2 Å². The molecule has 4 heterocycles. The number of halogens is 1. The number of benzene rings is 1. The van der Waals surface area contributed by atoms with Gasteiger partial charge in [0.05, 0.1) is 32.7 Å². The van der Waals surface area contributed by atoms with Gasteiger partial charge in [0, 0.05) is 24.2 Å². The number of nitrogens with one attached hydrogen (secondary N) is 1. The maximum Gasteiger partial charge on any atom is 0.243 e. The molecule has 206 valence electrons. The van der Waals surface area contributed by atoms with Gasteiger partial charge < -0.3 is 19.5 Å². The summed E-state index contributed by atoms with van der Waals surface area (Å²) in [6.07, 6.45) is 0.930. The molecular formula is C23H25FN8O5S2. The van der Waals surface area contributed by atoms with E-state index in [0.717, 1.165) is 18.1 Å². The summed E-state index contributed by atoms with van der Waals surface area (Å²) >= 11 is 1.32. The number of aromatic nitrogens is 6. The second kappa shape index (κ2) is 10.7. The van der Waals surface area contributed by atoms with Crippen LogP contribution in [0.3, 0.4) is 0 Å². The molecule has 16 heteroatoms. The lowest BCUT2D eigenvalue weighted by molar-refractivity contribution is 0.154. The highest BCUT2D eigenvalue weighted by Crippen LogP contribution is 2.38. The van der Waals surface area contributed by atoms with Crippen molar-refractivity contribution in [2.24, 2.45) is 0 Å². The van der Waals surface area contributed by atoms with Crippen molar-refractivity contribution in [3.05, 3.63) is 47.5 Å². The zero-order valence-corrected chi connectivity index (χ0v) is 22.8. The number of β-amino-alcohol motifs (C(OH)–C–C–N with tert-alkyl or cyclic N) is 1. The van der Waals surface area contributed by atoms with Gasteiger partial charge in [-0.1, -0.05) is 6.07 Å². The molecule has 0 amide bonds. The first kappa shape index (κ1) is 26.7. The lowest BCUT2D eigenvalue weighted by Gasteiger charge is -2.35. The van der Waals surface area contributed by atoms with Gasteiger partial charge in [0.25, 0.3) is 0 Å². The van der Waals surface area contributed by atoms with E-state index in [2.05, 4.69) is 29.9 Å². The first-order valence-electron chi connectivity index (χ1n) is 11.7. The molecule has 0 unspecified atom stereocenters. The van der Waals surface area contributed by atoms with E-state index >= 15 is 0 Å². The number of sulfonamides is 1. The van der Waals surface area contributed by atoms with E-state index < -0.39 is 27.2 Å². The molecule has 5 rings (SSSR count). The van der Waals surface area contributed by atoms with Crippen LogP contribution in [0.15, 0.2) is 36.0 Å². The van der Waals surface area contributed by atoms with Crippen molar-refractivity contribution in [2.45, 2.75) is 24.7 Å². The van der Waals surface area contributed by atoms with Crippen LogP contribution >= 0.6 is 11.3 Å². The zero-order chi connectivity index (χ0) is 27.7. The number of hydrogen-bond donors (Lipinski definition) is 2. The van der Waals surface area contributed by atoms with Crippen molar-refractivity contribution in [3.8, 4) is 28.0 Å². The maximum absolute atomic E-state index is 13.7. The van der Waals surface area contributed by atoms with Gasteiger partial charge in [-0.2, -0.15) is 0 Å². The van der Waals surface area contributed by atoms with Crippen molar-refractivity contribution in [2.75, 3.05) is 36.9 Å². The summed E-state index contributed by atoms with van der Waals surface area (Å²) in [6.45, 7) is 1.89.